The molecule has 2 fully saturated rings. The van der Waals surface area contributed by atoms with Crippen LogP contribution < -0.4 is 5.32 Å². The molecule has 5 rings (SSSR count). The number of carbonyl (C=O) groups excluding carboxylic acids is 2. The van der Waals surface area contributed by atoms with E-state index >= 15 is 0 Å². The van der Waals surface area contributed by atoms with Crippen LogP contribution in [0.3, 0.4) is 0 Å². The van der Waals surface area contributed by atoms with Crippen LogP contribution in [0.2, 0.25) is 0 Å². The number of benzene rings is 1. The fourth-order valence-corrected chi connectivity index (χ4v) is 6.16. The molecule has 2 atom stereocenters. The molecule has 0 bridgehead atoms. The number of fused-ring (bicyclic) bond motifs is 2. The van der Waals surface area contributed by atoms with Gasteiger partial charge >= 0.3 is 0 Å². The lowest BCUT2D eigenvalue weighted by Crippen LogP contribution is -2.69. The van der Waals surface area contributed by atoms with E-state index in [1.807, 2.05) is 17.4 Å². The molecule has 5 nitrogen and oxygen atoms in total. The summed E-state index contributed by atoms with van der Waals surface area (Å²) in [5.41, 5.74) is 2.21. The molecule has 2 aromatic rings. The van der Waals surface area contributed by atoms with Gasteiger partial charge in [0.05, 0.1) is 0 Å². The summed E-state index contributed by atoms with van der Waals surface area (Å²) < 4.78 is 14.8. The third-order valence-electron chi connectivity index (χ3n) is 6.74. The van der Waals surface area contributed by atoms with Gasteiger partial charge in [0.2, 0.25) is 11.8 Å². The van der Waals surface area contributed by atoms with E-state index in [0.717, 1.165) is 25.1 Å². The van der Waals surface area contributed by atoms with E-state index < -0.39 is 12.1 Å². The smallest absolute Gasteiger partial charge is 0.246 e. The minimum atomic E-state index is -0.593. The second-order valence-electron chi connectivity index (χ2n) is 8.84. The molecule has 0 spiro atoms. The van der Waals surface area contributed by atoms with Crippen molar-refractivity contribution in [3.8, 4) is 0 Å². The third-order valence-corrected chi connectivity index (χ3v) is 8.10. The van der Waals surface area contributed by atoms with Crippen LogP contribution >= 0.6 is 11.3 Å². The van der Waals surface area contributed by atoms with Crippen molar-refractivity contribution in [3.63, 3.8) is 0 Å². The largest absolute Gasteiger partial charge is 0.342 e. The van der Waals surface area contributed by atoms with Crippen molar-refractivity contribution in [2.45, 2.75) is 44.8 Å². The third kappa shape index (κ3) is 4.39. The number of rotatable bonds is 5. The van der Waals surface area contributed by atoms with Gasteiger partial charge in [0, 0.05) is 42.2 Å². The lowest BCUT2D eigenvalue weighted by molar-refractivity contribution is -0.153. The molecule has 172 valence electrons. The molecular weight excluding hydrogens is 437 g/mol. The molecule has 0 saturated carbocycles. The first kappa shape index (κ1) is 22.0. The van der Waals surface area contributed by atoms with E-state index in [4.69, 9.17) is 0 Å². The summed E-state index contributed by atoms with van der Waals surface area (Å²) in [7, 11) is 0. The summed E-state index contributed by atoms with van der Waals surface area (Å²) in [6.45, 7) is 4.80. The maximum atomic E-state index is 13.5. The first-order valence-electron chi connectivity index (χ1n) is 11.6. The number of carbonyl (C=O) groups is 2. The number of nitrogens with zero attached hydrogens (tertiary/aromatic N) is 2. The van der Waals surface area contributed by atoms with Gasteiger partial charge in [-0.1, -0.05) is 37.3 Å². The number of hydrogen-bond donors (Lipinski definition) is 1. The quantitative estimate of drug-likeness (QED) is 0.723. The highest BCUT2D eigenvalue weighted by Crippen LogP contribution is 2.33. The molecule has 2 saturated heterocycles. The normalized spacial score (nSPS) is 23.8. The summed E-state index contributed by atoms with van der Waals surface area (Å²) in [4.78, 5) is 31.6. The highest BCUT2D eigenvalue weighted by Gasteiger charge is 2.43. The predicted octanol–water partition coefficient (Wildman–Crippen LogP) is 4.10. The minimum Gasteiger partial charge on any atom is -0.342 e. The Kier molecular flexibility index (Phi) is 6.17. The second kappa shape index (κ2) is 9.23. The molecule has 1 N–H and O–H groups in total. The highest BCUT2D eigenvalue weighted by atomic mass is 32.1. The van der Waals surface area contributed by atoms with Gasteiger partial charge in [-0.2, -0.15) is 0 Å². The number of amides is 2. The molecule has 1 aliphatic carbocycles. The maximum Gasteiger partial charge on any atom is 0.246 e. The van der Waals surface area contributed by atoms with Crippen LogP contribution in [0.5, 0.6) is 0 Å². The molecule has 3 heterocycles. The molecule has 0 radical (unpaired) electrons. The molecule has 1 aromatic carbocycles. The number of nitrogens with one attached hydrogen (secondary N) is 1. The summed E-state index contributed by atoms with van der Waals surface area (Å²) in [5.74, 6) is -0.416. The SMILES string of the molecule is CCc1sc2ccccc2c1CN1CCN2C(=O)C(CC3=CCC=C(F)C=C3)NC(=O)C2C1. The fourth-order valence-electron chi connectivity index (χ4n) is 5.00. The van der Waals surface area contributed by atoms with E-state index in [2.05, 4.69) is 41.4 Å². The van der Waals surface area contributed by atoms with Gasteiger partial charge < -0.3 is 10.2 Å². The van der Waals surface area contributed by atoms with Crippen molar-refractivity contribution in [2.75, 3.05) is 19.6 Å². The van der Waals surface area contributed by atoms with Crippen molar-refractivity contribution in [1.82, 2.24) is 15.1 Å². The lowest BCUT2D eigenvalue weighted by atomic mass is 9.97. The zero-order chi connectivity index (χ0) is 22.9. The number of hydrogen-bond acceptors (Lipinski definition) is 4. The van der Waals surface area contributed by atoms with Crippen LogP contribution in [0.15, 0.2) is 60.0 Å². The zero-order valence-corrected chi connectivity index (χ0v) is 19.5. The number of allylic oxidation sites excluding steroid dienone is 5. The Morgan fingerprint density at radius 2 is 2.00 bits per heavy atom. The van der Waals surface area contributed by atoms with Crippen LogP contribution in [-0.2, 0) is 22.6 Å². The first-order chi connectivity index (χ1) is 16.0. The van der Waals surface area contributed by atoms with Crippen molar-refractivity contribution >= 4 is 33.2 Å². The van der Waals surface area contributed by atoms with Crippen LogP contribution in [0, 0.1) is 0 Å². The summed E-state index contributed by atoms with van der Waals surface area (Å²) >= 11 is 1.85. The van der Waals surface area contributed by atoms with Crippen molar-refractivity contribution in [2.24, 2.45) is 0 Å². The second-order valence-corrected chi connectivity index (χ2v) is 9.98. The van der Waals surface area contributed by atoms with E-state index in [-0.39, 0.29) is 17.6 Å². The molecule has 33 heavy (non-hydrogen) atoms. The van der Waals surface area contributed by atoms with Crippen molar-refractivity contribution in [1.29, 1.82) is 0 Å². The van der Waals surface area contributed by atoms with Crippen molar-refractivity contribution in [3.05, 3.63) is 70.4 Å². The molecular formula is C26H28FN3O2S. The van der Waals surface area contributed by atoms with Gasteiger partial charge in [-0.05, 0) is 47.6 Å². The summed E-state index contributed by atoms with van der Waals surface area (Å²) in [6.07, 6.45) is 8.37. The molecule has 3 aliphatic rings. The molecule has 2 aliphatic heterocycles. The van der Waals surface area contributed by atoms with Gasteiger partial charge in [0.25, 0.3) is 0 Å². The Balaban J connectivity index is 1.28. The Hall–Kier alpha value is -2.77. The monoisotopic (exact) mass is 465 g/mol. The van der Waals surface area contributed by atoms with Gasteiger partial charge in [-0.25, -0.2) is 4.39 Å². The Bertz CT molecular complexity index is 1180. The van der Waals surface area contributed by atoms with E-state index in [0.29, 0.717) is 25.9 Å². The number of aryl methyl sites for hydroxylation is 1. The van der Waals surface area contributed by atoms with Gasteiger partial charge in [-0.3, -0.25) is 14.5 Å². The van der Waals surface area contributed by atoms with Gasteiger partial charge in [0.15, 0.2) is 0 Å². The summed E-state index contributed by atoms with van der Waals surface area (Å²) in [6, 6.07) is 7.43. The van der Waals surface area contributed by atoms with Crippen LogP contribution in [0.25, 0.3) is 10.1 Å². The molecule has 7 heteroatoms. The standard InChI is InChI=1S/C26H28FN3O2S/c1-2-23-20(19-8-3-4-9-24(19)33-23)15-29-12-13-30-22(16-29)25(31)28-21(26(30)32)14-17-6-5-7-18(27)11-10-17/h3-4,6-11,21-22H,2,5,12-16H2,1H3,(H,28,31). The lowest BCUT2D eigenvalue weighted by Gasteiger charge is -2.45. The van der Waals surface area contributed by atoms with E-state index in [1.165, 1.54) is 32.7 Å². The van der Waals surface area contributed by atoms with Gasteiger partial charge in [0.1, 0.15) is 17.9 Å². The average Bonchev–Trinajstić information content (AvgIpc) is 3.04. The fraction of sp³-hybridized carbons (Fsp3) is 0.385. The first-order valence-corrected chi connectivity index (χ1v) is 12.4. The molecule has 1 aromatic heterocycles. The number of halogens is 1. The van der Waals surface area contributed by atoms with Crippen LogP contribution in [0.1, 0.15) is 30.2 Å². The number of thiophene rings is 1. The van der Waals surface area contributed by atoms with Crippen LogP contribution in [-0.4, -0.2) is 53.3 Å². The van der Waals surface area contributed by atoms with Crippen LogP contribution in [0.4, 0.5) is 4.39 Å². The molecule has 2 unspecified atom stereocenters. The molecule has 2 amide bonds. The zero-order valence-electron chi connectivity index (χ0n) is 18.7. The Morgan fingerprint density at radius 1 is 1.15 bits per heavy atom. The maximum absolute atomic E-state index is 13.5. The minimum absolute atomic E-state index is 0.0403. The Morgan fingerprint density at radius 3 is 2.85 bits per heavy atom. The Labute approximate surface area is 197 Å². The van der Waals surface area contributed by atoms with E-state index in [1.54, 1.807) is 11.0 Å². The van der Waals surface area contributed by atoms with Gasteiger partial charge in [-0.15, -0.1) is 11.3 Å². The topological polar surface area (TPSA) is 52.6 Å². The summed E-state index contributed by atoms with van der Waals surface area (Å²) in [5, 5.41) is 4.23. The highest BCUT2D eigenvalue weighted by molar-refractivity contribution is 7.19. The average molecular weight is 466 g/mol. The van der Waals surface area contributed by atoms with Crippen molar-refractivity contribution < 1.29 is 14.0 Å². The predicted molar refractivity (Wildman–Crippen MR) is 130 cm³/mol. The van der Waals surface area contributed by atoms with E-state index in [9.17, 15) is 14.0 Å². The number of piperazine rings is 2.